The summed E-state index contributed by atoms with van der Waals surface area (Å²) < 4.78 is 0. The Balaban J connectivity index is 1.55. The zero-order chi connectivity index (χ0) is 23.5. The van der Waals surface area contributed by atoms with Gasteiger partial charge in [0, 0.05) is 5.92 Å². The Morgan fingerprint density at radius 3 is 2.00 bits per heavy atom. The Morgan fingerprint density at radius 1 is 0.719 bits per heavy atom. The molecule has 2 heteroatoms. The van der Waals surface area contributed by atoms with Crippen molar-refractivity contribution in [2.45, 2.75) is 124 Å². The summed E-state index contributed by atoms with van der Waals surface area (Å²) in [5, 5.41) is 0. The predicted molar refractivity (Wildman–Crippen MR) is 138 cm³/mol. The molecule has 0 aromatic carbocycles. The molecule has 0 unspecified atom stereocenters. The summed E-state index contributed by atoms with van der Waals surface area (Å²) in [5.41, 5.74) is 2.50. The maximum Gasteiger partial charge on any atom is 0.149 e. The van der Waals surface area contributed by atoms with E-state index in [0.29, 0.717) is 38.8 Å². The highest BCUT2D eigenvalue weighted by molar-refractivity contribution is 9.10. The fourth-order valence-corrected chi connectivity index (χ4v) is 11.9. The van der Waals surface area contributed by atoms with Crippen LogP contribution in [-0.2, 0) is 4.79 Å². The first-order valence-electron chi connectivity index (χ1n) is 13.8. The van der Waals surface area contributed by atoms with Gasteiger partial charge in [0.1, 0.15) is 5.78 Å². The number of halogens is 1. The second kappa shape index (κ2) is 6.88. The molecule has 5 aliphatic rings. The van der Waals surface area contributed by atoms with Crippen LogP contribution in [0.25, 0.3) is 0 Å². The number of alkyl halides is 1. The van der Waals surface area contributed by atoms with Crippen LogP contribution in [0, 0.1) is 56.2 Å². The first kappa shape index (κ1) is 23.9. The van der Waals surface area contributed by atoms with Gasteiger partial charge in [-0.05, 0) is 114 Å². The Kier molecular flexibility index (Phi) is 5.13. The number of hydrogen-bond donors (Lipinski definition) is 0. The summed E-state index contributed by atoms with van der Waals surface area (Å²) >= 11 is 3.83. The van der Waals surface area contributed by atoms with Crippen molar-refractivity contribution in [1.82, 2.24) is 0 Å². The molecule has 182 valence electrons. The van der Waals surface area contributed by atoms with Crippen molar-refractivity contribution in [3.05, 3.63) is 0 Å². The van der Waals surface area contributed by atoms with Crippen LogP contribution in [0.2, 0.25) is 0 Å². The second-order valence-corrected chi connectivity index (χ2v) is 16.5. The first-order chi connectivity index (χ1) is 14.6. The van der Waals surface area contributed by atoms with Crippen molar-refractivity contribution in [2.75, 3.05) is 0 Å². The molecule has 5 rings (SSSR count). The van der Waals surface area contributed by atoms with Crippen LogP contribution in [0.5, 0.6) is 0 Å². The molecule has 0 bridgehead atoms. The van der Waals surface area contributed by atoms with E-state index in [1.54, 1.807) is 0 Å². The molecule has 5 fully saturated rings. The summed E-state index contributed by atoms with van der Waals surface area (Å²) in [4.78, 5) is 13.1. The molecule has 5 saturated carbocycles. The van der Waals surface area contributed by atoms with Crippen LogP contribution in [0.4, 0.5) is 0 Å². The molecular formula is C30H49BrO. The number of hydrogen-bond acceptors (Lipinski definition) is 1. The summed E-state index contributed by atoms with van der Waals surface area (Å²) in [6.07, 6.45) is 13.6. The Morgan fingerprint density at radius 2 is 1.31 bits per heavy atom. The Labute approximate surface area is 206 Å². The lowest BCUT2D eigenvalue weighted by atomic mass is 9.30. The van der Waals surface area contributed by atoms with Crippen molar-refractivity contribution >= 4 is 21.7 Å². The quantitative estimate of drug-likeness (QED) is 0.301. The van der Waals surface area contributed by atoms with E-state index in [9.17, 15) is 4.79 Å². The molecule has 0 radical (unpaired) electrons. The van der Waals surface area contributed by atoms with Crippen LogP contribution >= 0.6 is 15.9 Å². The standard InChI is InChI=1S/C30H49BrO/c1-19-24(32)20(31)17-22-27(19,5)10-9-21-28(22,6)14-16-30(8)23-18-25(2,3)11-12-26(23,4)13-15-29(21,30)7/h19-23H,9-18H2,1-8H3/t19-,20+,21-,22-,23+,26-,27-,28+,29-,30+/m1/s1. The highest BCUT2D eigenvalue weighted by Crippen LogP contribution is 2.78. The first-order valence-corrected chi connectivity index (χ1v) is 14.7. The largest absolute Gasteiger partial charge is 0.298 e. The number of rotatable bonds is 0. The number of carbonyl (C=O) groups excluding carboxylic acids is 1. The van der Waals surface area contributed by atoms with Gasteiger partial charge in [-0.1, -0.05) is 71.3 Å². The van der Waals surface area contributed by atoms with Gasteiger partial charge >= 0.3 is 0 Å². The summed E-state index contributed by atoms with van der Waals surface area (Å²) in [6, 6.07) is 0. The van der Waals surface area contributed by atoms with Gasteiger partial charge in [-0.25, -0.2) is 0 Å². The molecule has 1 nitrogen and oxygen atoms in total. The summed E-state index contributed by atoms with van der Waals surface area (Å²) in [7, 11) is 0. The molecule has 0 saturated heterocycles. The molecule has 0 aliphatic heterocycles. The third-order valence-corrected chi connectivity index (χ3v) is 14.6. The van der Waals surface area contributed by atoms with Crippen molar-refractivity contribution in [3.8, 4) is 0 Å². The zero-order valence-corrected chi connectivity index (χ0v) is 23.8. The fraction of sp³-hybridized carbons (Fsp3) is 0.967. The average Bonchev–Trinajstić information content (AvgIpc) is 2.72. The van der Waals surface area contributed by atoms with E-state index in [1.165, 1.54) is 57.8 Å². The van der Waals surface area contributed by atoms with E-state index in [1.807, 2.05) is 0 Å². The molecule has 5 aliphatic carbocycles. The van der Waals surface area contributed by atoms with Gasteiger partial charge in [0.2, 0.25) is 0 Å². The fourth-order valence-electron chi connectivity index (χ4n) is 11.1. The normalized spacial score (nSPS) is 59.4. The molecule has 32 heavy (non-hydrogen) atoms. The molecular weight excluding hydrogens is 456 g/mol. The molecule has 0 spiro atoms. The highest BCUT2D eigenvalue weighted by atomic mass is 79.9. The lowest BCUT2D eigenvalue weighted by molar-refractivity contribution is -0.256. The van der Waals surface area contributed by atoms with Crippen LogP contribution < -0.4 is 0 Å². The van der Waals surface area contributed by atoms with E-state index >= 15 is 0 Å². The monoisotopic (exact) mass is 504 g/mol. The summed E-state index contributed by atoms with van der Waals surface area (Å²) in [5.74, 6) is 3.00. The van der Waals surface area contributed by atoms with Crippen LogP contribution in [0.1, 0.15) is 120 Å². The number of carbonyl (C=O) groups is 1. The molecule has 0 amide bonds. The highest BCUT2D eigenvalue weighted by Gasteiger charge is 2.71. The van der Waals surface area contributed by atoms with E-state index in [2.05, 4.69) is 71.3 Å². The van der Waals surface area contributed by atoms with Gasteiger partial charge in [-0.3, -0.25) is 4.79 Å². The summed E-state index contributed by atoms with van der Waals surface area (Å²) in [6.45, 7) is 20.6. The van der Waals surface area contributed by atoms with Crippen molar-refractivity contribution in [1.29, 1.82) is 0 Å². The van der Waals surface area contributed by atoms with Gasteiger partial charge < -0.3 is 0 Å². The molecule has 0 N–H and O–H groups in total. The van der Waals surface area contributed by atoms with E-state index in [-0.39, 0.29) is 16.2 Å². The second-order valence-electron chi connectivity index (χ2n) is 15.4. The average molecular weight is 506 g/mol. The topological polar surface area (TPSA) is 17.1 Å². The van der Waals surface area contributed by atoms with Gasteiger partial charge in [0.25, 0.3) is 0 Å². The van der Waals surface area contributed by atoms with E-state index in [4.69, 9.17) is 0 Å². The van der Waals surface area contributed by atoms with Crippen LogP contribution in [0.15, 0.2) is 0 Å². The van der Waals surface area contributed by atoms with Gasteiger partial charge in [0.15, 0.2) is 0 Å². The lowest BCUT2D eigenvalue weighted by Gasteiger charge is -2.75. The number of Topliss-reactive ketones (excluding diaryl/α,β-unsaturated/α-hetero) is 1. The number of fused-ring (bicyclic) bond motifs is 7. The Bertz CT molecular complexity index is 818. The van der Waals surface area contributed by atoms with Crippen LogP contribution in [-0.4, -0.2) is 10.6 Å². The molecule has 0 heterocycles. The van der Waals surface area contributed by atoms with Gasteiger partial charge in [0.05, 0.1) is 4.83 Å². The molecule has 0 aromatic rings. The Hall–Kier alpha value is 0.150. The van der Waals surface area contributed by atoms with Crippen LogP contribution in [0.3, 0.4) is 0 Å². The van der Waals surface area contributed by atoms with E-state index in [0.717, 1.165) is 18.3 Å². The molecule has 0 aromatic heterocycles. The lowest BCUT2D eigenvalue weighted by Crippen LogP contribution is -2.68. The third kappa shape index (κ3) is 2.83. The maximum atomic E-state index is 13.0. The van der Waals surface area contributed by atoms with E-state index < -0.39 is 0 Å². The van der Waals surface area contributed by atoms with Gasteiger partial charge in [-0.2, -0.15) is 0 Å². The van der Waals surface area contributed by atoms with Crippen molar-refractivity contribution < 1.29 is 4.79 Å². The minimum atomic E-state index is 0.0704. The zero-order valence-electron chi connectivity index (χ0n) is 22.2. The third-order valence-electron chi connectivity index (χ3n) is 13.7. The minimum Gasteiger partial charge on any atom is -0.298 e. The smallest absolute Gasteiger partial charge is 0.149 e. The van der Waals surface area contributed by atoms with Crippen molar-refractivity contribution in [3.63, 3.8) is 0 Å². The van der Waals surface area contributed by atoms with Gasteiger partial charge in [-0.15, -0.1) is 0 Å². The van der Waals surface area contributed by atoms with Crippen molar-refractivity contribution in [2.24, 2.45) is 56.2 Å². The predicted octanol–water partition coefficient (Wildman–Crippen LogP) is 8.83. The maximum absolute atomic E-state index is 13.0. The minimum absolute atomic E-state index is 0.0704. The number of ketones is 1. The molecule has 10 atom stereocenters. The SMILES string of the molecule is C[C@@H]1C(=O)[C@@H](Br)C[C@@H]2[C@]1(C)CC[C@@H]1[C@]2(C)CC[C@@]2(C)[C@H]3CC(C)(C)CC[C@]3(C)CC[C@]12C.